The first-order valence-electron chi connectivity index (χ1n) is 7.51. The van der Waals surface area contributed by atoms with Crippen LogP contribution in [0.4, 0.5) is 5.13 Å². The maximum Gasteiger partial charge on any atom is 0.239 e. The number of nitrogens with zero attached hydrogens (tertiary/aromatic N) is 3. The number of hydrogen-bond acceptors (Lipinski definition) is 5. The zero-order chi connectivity index (χ0) is 16.2. The summed E-state index contributed by atoms with van der Waals surface area (Å²) in [5, 5.41) is 5.95. The van der Waals surface area contributed by atoms with Crippen LogP contribution in [0.15, 0.2) is 41.0 Å². The molecule has 0 aliphatic carbocycles. The summed E-state index contributed by atoms with van der Waals surface area (Å²) in [6.07, 6.45) is 2.70. The number of anilines is 1. The number of aromatic nitrogens is 3. The molecule has 3 rings (SSSR count). The largest absolute Gasteiger partial charge is 0.319 e. The minimum Gasteiger partial charge on any atom is -0.319 e. The maximum absolute atomic E-state index is 12.3. The highest BCUT2D eigenvalue weighted by Gasteiger charge is 2.19. The third kappa shape index (κ3) is 3.56. The van der Waals surface area contributed by atoms with Crippen molar-refractivity contribution in [2.45, 2.75) is 37.2 Å². The van der Waals surface area contributed by atoms with Gasteiger partial charge in [0.15, 0.2) is 10.3 Å². The molecule has 2 aromatic heterocycles. The molecule has 0 fully saturated rings. The van der Waals surface area contributed by atoms with Crippen molar-refractivity contribution in [2.24, 2.45) is 0 Å². The number of amides is 1. The lowest BCUT2D eigenvalue weighted by Crippen LogP contribution is -2.22. The number of carbonyl (C=O) groups is 1. The van der Waals surface area contributed by atoms with Crippen LogP contribution >= 0.6 is 23.1 Å². The zero-order valence-electron chi connectivity index (χ0n) is 13.0. The van der Waals surface area contributed by atoms with Crippen LogP contribution in [0.5, 0.6) is 0 Å². The minimum atomic E-state index is -0.244. The molecule has 0 radical (unpaired) electrons. The van der Waals surface area contributed by atoms with Gasteiger partial charge in [-0.2, -0.15) is 0 Å². The van der Waals surface area contributed by atoms with Crippen molar-refractivity contribution >= 4 is 45.2 Å². The second-order valence-corrected chi connectivity index (χ2v) is 7.32. The predicted octanol–water partition coefficient (Wildman–Crippen LogP) is 4.02. The van der Waals surface area contributed by atoms with E-state index in [0.717, 1.165) is 29.2 Å². The number of nitrogens with one attached hydrogen (secondary N) is 1. The van der Waals surface area contributed by atoms with E-state index in [1.807, 2.05) is 30.5 Å². The summed E-state index contributed by atoms with van der Waals surface area (Å²) in [6, 6.07) is 8.08. The Bertz CT molecular complexity index is 798. The fraction of sp³-hybridized carbons (Fsp3) is 0.312. The van der Waals surface area contributed by atoms with Crippen LogP contribution in [0, 0.1) is 0 Å². The molecule has 7 heteroatoms. The van der Waals surface area contributed by atoms with E-state index in [1.165, 1.54) is 23.1 Å². The van der Waals surface area contributed by atoms with Crippen molar-refractivity contribution in [3.05, 3.63) is 35.8 Å². The van der Waals surface area contributed by atoms with E-state index in [1.54, 1.807) is 6.20 Å². The third-order valence-corrected chi connectivity index (χ3v) is 5.16. The Morgan fingerprint density at radius 2 is 2.26 bits per heavy atom. The van der Waals surface area contributed by atoms with Gasteiger partial charge in [0.1, 0.15) is 0 Å². The van der Waals surface area contributed by atoms with Gasteiger partial charge in [0.2, 0.25) is 5.91 Å². The summed E-state index contributed by atoms with van der Waals surface area (Å²) in [7, 11) is 0. The Kier molecular flexibility index (Phi) is 4.97. The molecule has 120 valence electrons. The first kappa shape index (κ1) is 16.0. The lowest BCUT2D eigenvalue weighted by molar-refractivity contribution is -0.115. The quantitative estimate of drug-likeness (QED) is 0.685. The molecule has 0 unspecified atom stereocenters. The molecular formula is C16H18N4OS2. The molecule has 0 aliphatic rings. The molecular weight excluding hydrogens is 328 g/mol. The number of para-hydroxylation sites is 2. The van der Waals surface area contributed by atoms with E-state index < -0.39 is 0 Å². The highest BCUT2D eigenvalue weighted by molar-refractivity contribution is 8.00. The van der Waals surface area contributed by atoms with Gasteiger partial charge in [-0.05, 0) is 25.5 Å². The number of thioether (sulfide) groups is 1. The molecule has 0 saturated carbocycles. The summed E-state index contributed by atoms with van der Waals surface area (Å²) in [4.78, 5) is 21.1. The number of imidazole rings is 1. The second kappa shape index (κ2) is 7.14. The van der Waals surface area contributed by atoms with Crippen molar-refractivity contribution in [3.63, 3.8) is 0 Å². The van der Waals surface area contributed by atoms with Crippen molar-refractivity contribution in [2.75, 3.05) is 5.32 Å². The number of aryl methyl sites for hydroxylation is 1. The van der Waals surface area contributed by atoms with Gasteiger partial charge in [0.05, 0.1) is 16.3 Å². The maximum atomic E-state index is 12.3. The normalized spacial score (nSPS) is 12.4. The van der Waals surface area contributed by atoms with Crippen molar-refractivity contribution in [3.8, 4) is 0 Å². The molecule has 0 saturated heterocycles. The van der Waals surface area contributed by atoms with E-state index >= 15 is 0 Å². The van der Waals surface area contributed by atoms with Gasteiger partial charge in [0, 0.05) is 18.1 Å². The number of hydrogen-bond donors (Lipinski definition) is 1. The number of carbonyl (C=O) groups excluding carboxylic acids is 1. The van der Waals surface area contributed by atoms with E-state index in [2.05, 4.69) is 32.8 Å². The van der Waals surface area contributed by atoms with E-state index in [9.17, 15) is 4.79 Å². The van der Waals surface area contributed by atoms with Crippen LogP contribution in [-0.4, -0.2) is 25.7 Å². The van der Waals surface area contributed by atoms with Gasteiger partial charge in [-0.3, -0.25) is 4.79 Å². The standard InChI is InChI=1S/C16H18N4OS2/c1-3-9-20-13-7-5-4-6-12(13)18-16(20)23-11(2)14(21)19-15-17-8-10-22-15/h4-8,10-11H,3,9H2,1-2H3,(H,17,19,21)/t11-/m0/s1. The average Bonchev–Trinajstić information content (AvgIpc) is 3.16. The van der Waals surface area contributed by atoms with Gasteiger partial charge < -0.3 is 9.88 Å². The first-order chi connectivity index (χ1) is 11.2. The Morgan fingerprint density at radius 3 is 3.00 bits per heavy atom. The zero-order valence-corrected chi connectivity index (χ0v) is 14.7. The molecule has 2 heterocycles. The molecule has 1 N–H and O–H groups in total. The van der Waals surface area contributed by atoms with Gasteiger partial charge in [0.25, 0.3) is 0 Å². The summed E-state index contributed by atoms with van der Waals surface area (Å²) in [5.41, 5.74) is 2.08. The number of fused-ring (bicyclic) bond motifs is 1. The smallest absolute Gasteiger partial charge is 0.239 e. The van der Waals surface area contributed by atoms with Crippen LogP contribution in [0.1, 0.15) is 20.3 Å². The topological polar surface area (TPSA) is 59.8 Å². The summed E-state index contributed by atoms with van der Waals surface area (Å²) < 4.78 is 2.19. The Hall–Kier alpha value is -1.86. The van der Waals surface area contributed by atoms with Crippen molar-refractivity contribution in [1.29, 1.82) is 0 Å². The van der Waals surface area contributed by atoms with Crippen LogP contribution in [0.3, 0.4) is 0 Å². The van der Waals surface area contributed by atoms with Gasteiger partial charge in [-0.25, -0.2) is 9.97 Å². The first-order valence-corrected chi connectivity index (χ1v) is 9.27. The Balaban J connectivity index is 1.79. The predicted molar refractivity (Wildman–Crippen MR) is 96.1 cm³/mol. The fourth-order valence-electron chi connectivity index (χ4n) is 2.29. The number of benzene rings is 1. The Morgan fingerprint density at radius 1 is 1.43 bits per heavy atom. The number of thiazole rings is 1. The molecule has 23 heavy (non-hydrogen) atoms. The van der Waals surface area contributed by atoms with E-state index in [-0.39, 0.29) is 11.2 Å². The minimum absolute atomic E-state index is 0.0555. The molecule has 1 atom stereocenters. The average molecular weight is 346 g/mol. The van der Waals surface area contributed by atoms with E-state index in [0.29, 0.717) is 5.13 Å². The molecule has 1 amide bonds. The molecule has 3 aromatic rings. The second-order valence-electron chi connectivity index (χ2n) is 5.12. The Labute approximate surface area is 143 Å². The SMILES string of the molecule is CCCn1c(S[C@@H](C)C(=O)Nc2nccs2)nc2ccccc21. The highest BCUT2D eigenvalue weighted by atomic mass is 32.2. The number of rotatable bonds is 6. The van der Waals surface area contributed by atoms with Gasteiger partial charge in [-0.1, -0.05) is 30.8 Å². The monoisotopic (exact) mass is 346 g/mol. The van der Waals surface area contributed by atoms with Crippen LogP contribution in [0.25, 0.3) is 11.0 Å². The molecule has 0 bridgehead atoms. The summed E-state index contributed by atoms with van der Waals surface area (Å²) in [5.74, 6) is -0.0555. The van der Waals surface area contributed by atoms with Gasteiger partial charge >= 0.3 is 0 Å². The van der Waals surface area contributed by atoms with Crippen molar-refractivity contribution < 1.29 is 4.79 Å². The van der Waals surface area contributed by atoms with Crippen LogP contribution in [0.2, 0.25) is 0 Å². The summed E-state index contributed by atoms with van der Waals surface area (Å²) in [6.45, 7) is 4.93. The lowest BCUT2D eigenvalue weighted by atomic mass is 10.3. The van der Waals surface area contributed by atoms with Crippen molar-refractivity contribution in [1.82, 2.24) is 14.5 Å². The molecule has 1 aromatic carbocycles. The van der Waals surface area contributed by atoms with Gasteiger partial charge in [-0.15, -0.1) is 11.3 Å². The lowest BCUT2D eigenvalue weighted by Gasteiger charge is -2.12. The highest BCUT2D eigenvalue weighted by Crippen LogP contribution is 2.28. The molecule has 0 spiro atoms. The molecule has 0 aliphatic heterocycles. The molecule has 5 nitrogen and oxygen atoms in total. The van der Waals surface area contributed by atoms with Crippen LogP contribution < -0.4 is 5.32 Å². The summed E-state index contributed by atoms with van der Waals surface area (Å²) >= 11 is 2.90. The third-order valence-electron chi connectivity index (χ3n) is 3.38. The fourth-order valence-corrected chi connectivity index (χ4v) is 3.77. The van der Waals surface area contributed by atoms with E-state index in [4.69, 9.17) is 0 Å². The van der Waals surface area contributed by atoms with Crippen LogP contribution in [-0.2, 0) is 11.3 Å².